The molecule has 0 bridgehead atoms. The Labute approximate surface area is 172 Å². The molecule has 1 spiro atoms. The van der Waals surface area contributed by atoms with Gasteiger partial charge in [0.2, 0.25) is 0 Å². The van der Waals surface area contributed by atoms with E-state index in [0.717, 1.165) is 19.4 Å². The van der Waals surface area contributed by atoms with Crippen LogP contribution in [0.4, 0.5) is 10.6 Å². The molecule has 0 saturated carbocycles. The number of nitrogens with one attached hydrogen (secondary N) is 2. The Kier molecular flexibility index (Phi) is 4.78. The molecule has 160 valence electrons. The number of rotatable bonds is 5. The van der Waals surface area contributed by atoms with Crippen molar-refractivity contribution in [3.05, 3.63) is 12.7 Å². The van der Waals surface area contributed by atoms with Crippen LogP contribution in [0.2, 0.25) is 0 Å². The molecule has 3 unspecified atom stereocenters. The molecule has 5 rings (SSSR count). The minimum Gasteiger partial charge on any atom is -0.396 e. The quantitative estimate of drug-likeness (QED) is 0.564. The number of ether oxygens (including phenoxy) is 1. The highest BCUT2D eigenvalue weighted by atomic mass is 16.5. The zero-order chi connectivity index (χ0) is 20.7. The number of imide groups is 1. The Hall–Kier alpha value is -2.79. The lowest BCUT2D eigenvalue weighted by atomic mass is 9.89. The van der Waals surface area contributed by atoms with E-state index < -0.39 is 11.6 Å². The van der Waals surface area contributed by atoms with Gasteiger partial charge in [0.25, 0.3) is 5.91 Å². The van der Waals surface area contributed by atoms with Crippen molar-refractivity contribution in [1.29, 1.82) is 0 Å². The number of aromatic nitrogens is 4. The monoisotopic (exact) mass is 415 g/mol. The maximum absolute atomic E-state index is 12.4. The van der Waals surface area contributed by atoms with Crippen molar-refractivity contribution in [3.63, 3.8) is 0 Å². The molecule has 0 aromatic carbocycles. The number of aliphatic hydroxyl groups excluding tert-OH is 1. The molecule has 3 fully saturated rings. The molecule has 0 radical (unpaired) electrons. The molecule has 2 aromatic rings. The number of amides is 3. The molecule has 3 amide bonds. The maximum Gasteiger partial charge on any atom is 0.322 e. The number of nitrogens with zero attached hydrogens (tertiary/aromatic N) is 5. The van der Waals surface area contributed by atoms with Crippen LogP contribution in [0.3, 0.4) is 0 Å². The summed E-state index contributed by atoms with van der Waals surface area (Å²) in [5.74, 6) is 0.744. The molecule has 11 heteroatoms. The predicted molar refractivity (Wildman–Crippen MR) is 106 cm³/mol. The molecular weight excluding hydrogens is 390 g/mol. The normalized spacial score (nSPS) is 27.6. The fourth-order valence-electron chi connectivity index (χ4n) is 4.82. The second-order valence-electron chi connectivity index (χ2n) is 8.35. The summed E-state index contributed by atoms with van der Waals surface area (Å²) in [5.41, 5.74) is 0.412. The summed E-state index contributed by atoms with van der Waals surface area (Å²) in [6, 6.07) is -0.454. The van der Waals surface area contributed by atoms with Crippen LogP contribution >= 0.6 is 0 Å². The summed E-state index contributed by atoms with van der Waals surface area (Å²) in [5, 5.41) is 15.0. The Bertz CT molecular complexity index is 973. The third-order valence-electron chi connectivity index (χ3n) is 6.49. The molecule has 3 atom stereocenters. The number of carbonyl (C=O) groups is 2. The molecule has 11 nitrogen and oxygen atoms in total. The van der Waals surface area contributed by atoms with Crippen LogP contribution in [-0.2, 0) is 16.1 Å². The number of aliphatic hydroxyl groups is 1. The smallest absolute Gasteiger partial charge is 0.322 e. The number of fused-ring (bicyclic) bond motifs is 1. The first-order chi connectivity index (χ1) is 14.6. The van der Waals surface area contributed by atoms with Crippen molar-refractivity contribution in [2.24, 2.45) is 11.8 Å². The van der Waals surface area contributed by atoms with Crippen molar-refractivity contribution in [1.82, 2.24) is 30.2 Å². The molecule has 30 heavy (non-hydrogen) atoms. The molecule has 5 heterocycles. The van der Waals surface area contributed by atoms with Crippen LogP contribution in [0.25, 0.3) is 11.2 Å². The van der Waals surface area contributed by atoms with E-state index in [1.165, 1.54) is 6.33 Å². The van der Waals surface area contributed by atoms with E-state index in [-0.39, 0.29) is 18.4 Å². The lowest BCUT2D eigenvalue weighted by Crippen LogP contribution is -2.58. The van der Waals surface area contributed by atoms with Crippen LogP contribution in [0.15, 0.2) is 12.7 Å². The molecule has 0 aliphatic carbocycles. The van der Waals surface area contributed by atoms with Crippen LogP contribution in [-0.4, -0.2) is 75.0 Å². The van der Waals surface area contributed by atoms with Crippen molar-refractivity contribution in [2.45, 2.75) is 31.3 Å². The highest BCUT2D eigenvalue weighted by Gasteiger charge is 2.49. The molecule has 2 aromatic heterocycles. The van der Waals surface area contributed by atoms with Gasteiger partial charge < -0.3 is 24.6 Å². The van der Waals surface area contributed by atoms with Gasteiger partial charge in [0.05, 0.1) is 12.9 Å². The zero-order valence-corrected chi connectivity index (χ0v) is 16.6. The molecule has 3 N–H and O–H groups in total. The highest BCUT2D eigenvalue weighted by Crippen LogP contribution is 2.31. The minimum atomic E-state index is -0.931. The first-order valence-electron chi connectivity index (χ1n) is 10.3. The van der Waals surface area contributed by atoms with Crippen LogP contribution in [0.5, 0.6) is 0 Å². The van der Waals surface area contributed by atoms with E-state index in [1.54, 1.807) is 6.33 Å². The van der Waals surface area contributed by atoms with Gasteiger partial charge in [0.1, 0.15) is 11.9 Å². The van der Waals surface area contributed by atoms with Crippen molar-refractivity contribution in [2.75, 3.05) is 37.8 Å². The summed E-state index contributed by atoms with van der Waals surface area (Å²) in [6.07, 6.45) is 5.50. The molecule has 3 aliphatic heterocycles. The average Bonchev–Trinajstić information content (AvgIpc) is 3.47. The molecule has 3 aliphatic rings. The van der Waals surface area contributed by atoms with Crippen LogP contribution in [0, 0.1) is 11.8 Å². The van der Waals surface area contributed by atoms with Gasteiger partial charge in [-0.05, 0) is 25.2 Å². The number of hydrogen-bond acceptors (Lipinski definition) is 8. The number of imidazole rings is 1. The Balaban J connectivity index is 1.42. The Morgan fingerprint density at radius 1 is 1.33 bits per heavy atom. The second-order valence-corrected chi connectivity index (χ2v) is 8.35. The van der Waals surface area contributed by atoms with E-state index in [2.05, 4.69) is 25.6 Å². The highest BCUT2D eigenvalue weighted by molar-refractivity contribution is 6.07. The van der Waals surface area contributed by atoms with Crippen molar-refractivity contribution in [3.8, 4) is 0 Å². The fourth-order valence-corrected chi connectivity index (χ4v) is 4.82. The van der Waals surface area contributed by atoms with E-state index >= 15 is 0 Å². The number of anilines is 1. The largest absolute Gasteiger partial charge is 0.396 e. The predicted octanol–water partition coefficient (Wildman–Crippen LogP) is -0.350. The van der Waals surface area contributed by atoms with E-state index in [4.69, 9.17) is 4.74 Å². The molecular formula is C19H25N7O4. The summed E-state index contributed by atoms with van der Waals surface area (Å²) in [4.78, 5) is 39.5. The van der Waals surface area contributed by atoms with Gasteiger partial charge in [-0.15, -0.1) is 0 Å². The summed E-state index contributed by atoms with van der Waals surface area (Å²) < 4.78 is 7.42. The zero-order valence-electron chi connectivity index (χ0n) is 16.6. The van der Waals surface area contributed by atoms with Gasteiger partial charge in [0, 0.05) is 38.8 Å². The van der Waals surface area contributed by atoms with Crippen molar-refractivity contribution < 1.29 is 19.4 Å². The van der Waals surface area contributed by atoms with Crippen LogP contribution < -0.4 is 15.5 Å². The summed E-state index contributed by atoms with van der Waals surface area (Å²) in [6.45, 7) is 3.13. The minimum absolute atomic E-state index is 0.0685. The standard InChI is InChI=1S/C19H25N7O4/c27-7-13(12-2-5-30-8-12)6-26-11-22-14-15(20-10-21-16(14)26)25-4-1-3-19(9-25)17(28)23-18(29)24-19/h10-13,27H,1-9H2,(H2,23,24,28,29). The lowest BCUT2D eigenvalue weighted by molar-refractivity contribution is -0.124. The number of carbonyl (C=O) groups excluding carboxylic acids is 2. The third kappa shape index (κ3) is 3.18. The molecule has 3 saturated heterocycles. The Morgan fingerprint density at radius 2 is 2.23 bits per heavy atom. The summed E-state index contributed by atoms with van der Waals surface area (Å²) in [7, 11) is 0. The van der Waals surface area contributed by atoms with Gasteiger partial charge >= 0.3 is 6.03 Å². The first-order valence-corrected chi connectivity index (χ1v) is 10.3. The number of piperidine rings is 1. The van der Waals surface area contributed by atoms with Gasteiger partial charge in [-0.25, -0.2) is 19.7 Å². The topological polar surface area (TPSA) is 134 Å². The van der Waals surface area contributed by atoms with E-state index in [9.17, 15) is 14.7 Å². The first kappa shape index (κ1) is 19.2. The van der Waals surface area contributed by atoms with Gasteiger partial charge in [-0.3, -0.25) is 10.1 Å². The van der Waals surface area contributed by atoms with E-state index in [0.29, 0.717) is 55.6 Å². The van der Waals surface area contributed by atoms with Crippen LogP contribution in [0.1, 0.15) is 19.3 Å². The summed E-state index contributed by atoms with van der Waals surface area (Å²) >= 11 is 0. The second kappa shape index (κ2) is 7.47. The number of urea groups is 1. The maximum atomic E-state index is 12.4. The van der Waals surface area contributed by atoms with Gasteiger partial charge in [0.15, 0.2) is 17.0 Å². The lowest BCUT2D eigenvalue weighted by Gasteiger charge is -2.38. The van der Waals surface area contributed by atoms with Crippen molar-refractivity contribution >= 4 is 28.9 Å². The van der Waals surface area contributed by atoms with E-state index in [1.807, 2.05) is 9.47 Å². The SMILES string of the molecule is O=C1NC(=O)C2(CCCN(c3ncnc4c3ncn4CC(CO)C3CCOC3)C2)N1. The fraction of sp³-hybridized carbons (Fsp3) is 0.632. The van der Waals surface area contributed by atoms with Gasteiger partial charge in [-0.2, -0.15) is 0 Å². The number of hydrogen-bond donors (Lipinski definition) is 3. The Morgan fingerprint density at radius 3 is 2.97 bits per heavy atom. The third-order valence-corrected chi connectivity index (χ3v) is 6.49. The average molecular weight is 415 g/mol. The van der Waals surface area contributed by atoms with Gasteiger partial charge in [-0.1, -0.05) is 0 Å².